The van der Waals surface area contributed by atoms with Crippen LogP contribution < -0.4 is 5.32 Å². The van der Waals surface area contributed by atoms with Crippen LogP contribution in [0.15, 0.2) is 0 Å². The molecule has 21 heavy (non-hydrogen) atoms. The molecule has 2 atom stereocenters. The van der Waals surface area contributed by atoms with E-state index in [9.17, 15) is 4.79 Å². The van der Waals surface area contributed by atoms with E-state index in [1.807, 2.05) is 0 Å². The number of hydrogen-bond acceptors (Lipinski definition) is 3. The molecule has 2 aliphatic rings. The van der Waals surface area contributed by atoms with Gasteiger partial charge in [-0.15, -0.1) is 0 Å². The number of likely N-dealkylation sites (tertiary alicyclic amines) is 1. The van der Waals surface area contributed by atoms with Crippen molar-refractivity contribution in [2.24, 2.45) is 0 Å². The Kier molecular flexibility index (Phi) is 6.97. The molecule has 0 radical (unpaired) electrons. The summed E-state index contributed by atoms with van der Waals surface area (Å²) in [6.07, 6.45) is 8.50. The fraction of sp³-hybridized carbons (Fsp3) is 0.941. The van der Waals surface area contributed by atoms with Gasteiger partial charge in [-0.05, 0) is 52.1 Å². The topological polar surface area (TPSA) is 35.6 Å². The van der Waals surface area contributed by atoms with Gasteiger partial charge in [0.15, 0.2) is 0 Å². The van der Waals surface area contributed by atoms with Crippen molar-refractivity contribution in [3.63, 3.8) is 0 Å². The Hall–Kier alpha value is -0.610. The third-order valence-electron chi connectivity index (χ3n) is 4.99. The van der Waals surface area contributed by atoms with Crippen molar-refractivity contribution in [1.29, 1.82) is 0 Å². The highest BCUT2D eigenvalue weighted by Crippen LogP contribution is 2.18. The number of piperidine rings is 1. The van der Waals surface area contributed by atoms with E-state index < -0.39 is 0 Å². The zero-order valence-electron chi connectivity index (χ0n) is 13.9. The second-order valence-corrected chi connectivity index (χ2v) is 6.65. The molecule has 1 amide bonds. The highest BCUT2D eigenvalue weighted by Gasteiger charge is 2.31. The lowest BCUT2D eigenvalue weighted by Crippen LogP contribution is -2.55. The molecule has 0 aromatic rings. The van der Waals surface area contributed by atoms with Gasteiger partial charge in [0.25, 0.3) is 0 Å². The van der Waals surface area contributed by atoms with Crippen LogP contribution in [0.4, 0.5) is 0 Å². The third-order valence-corrected chi connectivity index (χ3v) is 4.99. The molecule has 0 bridgehead atoms. The molecule has 1 N–H and O–H groups in total. The Morgan fingerprint density at radius 3 is 2.52 bits per heavy atom. The van der Waals surface area contributed by atoms with Gasteiger partial charge >= 0.3 is 0 Å². The molecule has 2 fully saturated rings. The quantitative estimate of drug-likeness (QED) is 0.845. The maximum atomic E-state index is 12.9. The number of hydrogen-bond donors (Lipinski definition) is 1. The minimum absolute atomic E-state index is 0.0351. The number of nitrogens with zero attached hydrogens (tertiary/aromatic N) is 2. The summed E-state index contributed by atoms with van der Waals surface area (Å²) in [6, 6.07) is 0.567. The summed E-state index contributed by atoms with van der Waals surface area (Å²) in [5.74, 6) is 0.357. The number of amides is 1. The van der Waals surface area contributed by atoms with Crippen LogP contribution in [0.1, 0.15) is 58.8 Å². The van der Waals surface area contributed by atoms with Gasteiger partial charge in [-0.2, -0.15) is 0 Å². The minimum Gasteiger partial charge on any atom is -0.341 e. The third kappa shape index (κ3) is 4.68. The maximum absolute atomic E-state index is 12.9. The molecule has 0 aromatic carbocycles. The van der Waals surface area contributed by atoms with E-state index in [0.717, 1.165) is 39.1 Å². The van der Waals surface area contributed by atoms with Crippen LogP contribution >= 0.6 is 0 Å². The summed E-state index contributed by atoms with van der Waals surface area (Å²) in [7, 11) is 0. The molecule has 0 spiro atoms. The van der Waals surface area contributed by atoms with Crippen molar-refractivity contribution in [2.45, 2.75) is 70.9 Å². The second kappa shape index (κ2) is 8.74. The van der Waals surface area contributed by atoms with Crippen LogP contribution in [0.3, 0.4) is 0 Å². The van der Waals surface area contributed by atoms with Crippen molar-refractivity contribution in [3.8, 4) is 0 Å². The van der Waals surface area contributed by atoms with Crippen LogP contribution in [0, 0.1) is 0 Å². The highest BCUT2D eigenvalue weighted by atomic mass is 16.2. The standard InChI is InChI=1S/C17H33N3O/c1-3-11-20(16-9-8-10-18-14-16)15(2)17(21)19-12-6-4-5-7-13-19/h15-16,18H,3-14H2,1-2H3. The van der Waals surface area contributed by atoms with E-state index in [-0.39, 0.29) is 6.04 Å². The number of carbonyl (C=O) groups excluding carboxylic acids is 1. The zero-order chi connectivity index (χ0) is 15.1. The summed E-state index contributed by atoms with van der Waals surface area (Å²) < 4.78 is 0. The number of nitrogens with one attached hydrogen (secondary N) is 1. The number of carbonyl (C=O) groups is 1. The molecule has 122 valence electrons. The van der Waals surface area contributed by atoms with E-state index >= 15 is 0 Å². The van der Waals surface area contributed by atoms with Crippen LogP contribution in [0.2, 0.25) is 0 Å². The summed E-state index contributed by atoms with van der Waals surface area (Å²) in [6.45, 7) is 9.47. The van der Waals surface area contributed by atoms with Gasteiger partial charge in [0.05, 0.1) is 6.04 Å². The lowest BCUT2D eigenvalue weighted by atomic mass is 10.0. The first kappa shape index (κ1) is 16.8. The monoisotopic (exact) mass is 295 g/mol. The molecule has 2 rings (SSSR count). The van der Waals surface area contributed by atoms with Crippen LogP contribution in [0.25, 0.3) is 0 Å². The lowest BCUT2D eigenvalue weighted by molar-refractivity contribution is -0.137. The average molecular weight is 295 g/mol. The molecule has 0 saturated carbocycles. The molecule has 2 aliphatic heterocycles. The van der Waals surface area contributed by atoms with Crippen molar-refractivity contribution >= 4 is 5.91 Å². The molecule has 2 unspecified atom stereocenters. The Morgan fingerprint density at radius 2 is 1.95 bits per heavy atom. The second-order valence-electron chi connectivity index (χ2n) is 6.65. The van der Waals surface area contributed by atoms with Crippen molar-refractivity contribution in [1.82, 2.24) is 15.1 Å². The molecule has 0 aromatic heterocycles. The lowest BCUT2D eigenvalue weighted by Gasteiger charge is -2.39. The minimum atomic E-state index is 0.0351. The van der Waals surface area contributed by atoms with Crippen molar-refractivity contribution < 1.29 is 4.79 Å². The largest absolute Gasteiger partial charge is 0.341 e. The zero-order valence-corrected chi connectivity index (χ0v) is 13.9. The fourth-order valence-electron chi connectivity index (χ4n) is 3.76. The maximum Gasteiger partial charge on any atom is 0.239 e. The summed E-state index contributed by atoms with van der Waals surface area (Å²) in [5.41, 5.74) is 0. The average Bonchev–Trinajstić information content (AvgIpc) is 2.81. The van der Waals surface area contributed by atoms with E-state index in [0.29, 0.717) is 11.9 Å². The van der Waals surface area contributed by atoms with Gasteiger partial charge in [-0.25, -0.2) is 0 Å². The molecule has 4 nitrogen and oxygen atoms in total. The number of rotatable bonds is 5. The molecule has 4 heteroatoms. The predicted octanol–water partition coefficient (Wildman–Crippen LogP) is 2.24. The van der Waals surface area contributed by atoms with E-state index in [2.05, 4.69) is 29.0 Å². The molecular formula is C17H33N3O. The predicted molar refractivity (Wildman–Crippen MR) is 87.4 cm³/mol. The van der Waals surface area contributed by atoms with Crippen LogP contribution in [-0.2, 0) is 4.79 Å². The molecule has 2 saturated heterocycles. The van der Waals surface area contributed by atoms with Crippen LogP contribution in [-0.4, -0.2) is 60.5 Å². The summed E-state index contributed by atoms with van der Waals surface area (Å²) in [4.78, 5) is 17.5. The van der Waals surface area contributed by atoms with Gasteiger partial charge in [-0.3, -0.25) is 9.69 Å². The van der Waals surface area contributed by atoms with Gasteiger partial charge in [0, 0.05) is 25.7 Å². The SMILES string of the molecule is CCCN(C1CCCNC1)C(C)C(=O)N1CCCCCC1. The highest BCUT2D eigenvalue weighted by molar-refractivity contribution is 5.81. The van der Waals surface area contributed by atoms with Gasteiger partial charge in [0.2, 0.25) is 5.91 Å². The smallest absolute Gasteiger partial charge is 0.239 e. The normalized spacial score (nSPS) is 25.7. The molecule has 2 heterocycles. The van der Waals surface area contributed by atoms with Crippen molar-refractivity contribution in [2.75, 3.05) is 32.7 Å². The summed E-state index contributed by atoms with van der Waals surface area (Å²) in [5, 5.41) is 3.49. The van der Waals surface area contributed by atoms with E-state index in [4.69, 9.17) is 0 Å². The Labute approximate surface area is 130 Å². The fourth-order valence-corrected chi connectivity index (χ4v) is 3.76. The van der Waals surface area contributed by atoms with Gasteiger partial charge in [0.1, 0.15) is 0 Å². The van der Waals surface area contributed by atoms with E-state index in [1.54, 1.807) is 0 Å². The first-order chi connectivity index (χ1) is 10.2. The van der Waals surface area contributed by atoms with E-state index in [1.165, 1.54) is 38.5 Å². The Morgan fingerprint density at radius 1 is 1.24 bits per heavy atom. The van der Waals surface area contributed by atoms with Gasteiger partial charge in [-0.1, -0.05) is 19.8 Å². The van der Waals surface area contributed by atoms with Gasteiger partial charge < -0.3 is 10.2 Å². The Bertz CT molecular complexity index is 307. The first-order valence-electron chi connectivity index (χ1n) is 8.99. The summed E-state index contributed by atoms with van der Waals surface area (Å²) >= 11 is 0. The molecular weight excluding hydrogens is 262 g/mol. The Balaban J connectivity index is 1.98. The molecule has 0 aliphatic carbocycles. The van der Waals surface area contributed by atoms with Crippen LogP contribution in [0.5, 0.6) is 0 Å². The van der Waals surface area contributed by atoms with Crippen molar-refractivity contribution in [3.05, 3.63) is 0 Å². The first-order valence-corrected chi connectivity index (χ1v) is 8.99.